The minimum absolute atomic E-state index is 0.103. The summed E-state index contributed by atoms with van der Waals surface area (Å²) in [7, 11) is 1.54. The maximum absolute atomic E-state index is 12.8. The second-order valence-electron chi connectivity index (χ2n) is 5.59. The van der Waals surface area contributed by atoms with Crippen molar-refractivity contribution in [3.8, 4) is 5.88 Å². The molecule has 0 aromatic carbocycles. The monoisotopic (exact) mass is 347 g/mol. The molecule has 1 atom stereocenters. The predicted octanol–water partition coefficient (Wildman–Crippen LogP) is 3.36. The average molecular weight is 347 g/mol. The Labute approximate surface area is 145 Å². The maximum atomic E-state index is 12.8. The number of carbonyl (C=O) groups is 1. The number of aromatic nitrogens is 1. The van der Waals surface area contributed by atoms with Gasteiger partial charge in [-0.05, 0) is 36.4 Å². The number of ether oxygens (including phenoxy) is 2. The van der Waals surface area contributed by atoms with Gasteiger partial charge in [-0.3, -0.25) is 0 Å². The van der Waals surface area contributed by atoms with Gasteiger partial charge in [0.05, 0.1) is 19.8 Å². The fraction of sp³-hybridized carbons (Fsp3) is 0.412. The zero-order valence-corrected chi connectivity index (χ0v) is 14.4. The van der Waals surface area contributed by atoms with Crippen LogP contribution in [0.5, 0.6) is 5.88 Å². The first-order valence-electron chi connectivity index (χ1n) is 7.95. The molecule has 3 heterocycles. The van der Waals surface area contributed by atoms with Gasteiger partial charge in [-0.2, -0.15) is 0 Å². The number of methoxy groups -OCH3 is 1. The van der Waals surface area contributed by atoms with Crippen LogP contribution in [0.2, 0.25) is 0 Å². The molecule has 1 saturated heterocycles. The lowest BCUT2D eigenvalue weighted by Crippen LogP contribution is -2.39. The molecule has 1 aliphatic rings. The molecule has 6 nitrogen and oxygen atoms in total. The number of thiophene rings is 1. The van der Waals surface area contributed by atoms with E-state index in [0.717, 1.165) is 24.3 Å². The smallest absolute Gasteiger partial charge is 0.322 e. The van der Waals surface area contributed by atoms with Gasteiger partial charge in [0.2, 0.25) is 5.88 Å². The van der Waals surface area contributed by atoms with Crippen molar-refractivity contribution in [1.29, 1.82) is 0 Å². The normalized spacial score (nSPS) is 16.8. The second-order valence-corrected chi connectivity index (χ2v) is 6.62. The van der Waals surface area contributed by atoms with Gasteiger partial charge in [-0.25, -0.2) is 9.78 Å². The highest BCUT2D eigenvalue weighted by atomic mass is 32.1. The van der Waals surface area contributed by atoms with Crippen LogP contribution in [0.25, 0.3) is 0 Å². The zero-order valence-electron chi connectivity index (χ0n) is 13.6. The molecular weight excluding hydrogens is 326 g/mol. The summed E-state index contributed by atoms with van der Waals surface area (Å²) in [5, 5.41) is 4.91. The summed E-state index contributed by atoms with van der Waals surface area (Å²) in [6.07, 6.45) is 3.77. The summed E-state index contributed by atoms with van der Waals surface area (Å²) in [5.74, 6) is 0.402. The third-order valence-electron chi connectivity index (χ3n) is 3.87. The SMILES string of the molecule is COc1ncccc1NC(=O)N(Cc1cccs1)CC1CCCO1. The summed E-state index contributed by atoms with van der Waals surface area (Å²) < 4.78 is 10.9. The maximum Gasteiger partial charge on any atom is 0.322 e. The molecule has 128 valence electrons. The first-order chi connectivity index (χ1) is 11.8. The van der Waals surface area contributed by atoms with Crippen molar-refractivity contribution in [1.82, 2.24) is 9.88 Å². The average Bonchev–Trinajstić information content (AvgIpc) is 3.28. The predicted molar refractivity (Wildman–Crippen MR) is 93.5 cm³/mol. The summed E-state index contributed by atoms with van der Waals surface area (Å²) in [6, 6.07) is 7.39. The number of urea groups is 1. The Hall–Kier alpha value is -2.12. The molecule has 0 spiro atoms. The highest BCUT2D eigenvalue weighted by Crippen LogP contribution is 2.22. The number of pyridine rings is 1. The van der Waals surface area contributed by atoms with Gasteiger partial charge in [-0.1, -0.05) is 6.07 Å². The molecular formula is C17H21N3O3S. The van der Waals surface area contributed by atoms with E-state index in [0.29, 0.717) is 24.7 Å². The molecule has 1 N–H and O–H groups in total. The summed E-state index contributed by atoms with van der Waals surface area (Å²) in [6.45, 7) is 1.91. The molecule has 1 unspecified atom stereocenters. The van der Waals surface area contributed by atoms with Gasteiger partial charge >= 0.3 is 6.03 Å². The van der Waals surface area contributed by atoms with Crippen molar-refractivity contribution in [2.75, 3.05) is 25.6 Å². The third kappa shape index (κ3) is 4.24. The van der Waals surface area contributed by atoms with Crippen LogP contribution < -0.4 is 10.1 Å². The molecule has 3 rings (SSSR count). The van der Waals surface area contributed by atoms with E-state index in [-0.39, 0.29) is 12.1 Å². The number of nitrogens with zero attached hydrogens (tertiary/aromatic N) is 2. The summed E-state index contributed by atoms with van der Waals surface area (Å²) in [4.78, 5) is 19.8. The lowest BCUT2D eigenvalue weighted by molar-refractivity contribution is 0.0821. The van der Waals surface area contributed by atoms with Crippen molar-refractivity contribution in [2.45, 2.75) is 25.5 Å². The Morgan fingerprint density at radius 2 is 2.42 bits per heavy atom. The molecule has 0 saturated carbocycles. The highest BCUT2D eigenvalue weighted by Gasteiger charge is 2.23. The number of nitrogens with one attached hydrogen (secondary N) is 1. The van der Waals surface area contributed by atoms with Crippen LogP contribution >= 0.6 is 11.3 Å². The Balaban J connectivity index is 1.71. The van der Waals surface area contributed by atoms with E-state index in [1.165, 1.54) is 7.11 Å². The number of anilines is 1. The molecule has 0 bridgehead atoms. The molecule has 24 heavy (non-hydrogen) atoms. The number of hydrogen-bond acceptors (Lipinski definition) is 5. The fourth-order valence-corrected chi connectivity index (χ4v) is 3.41. The van der Waals surface area contributed by atoms with E-state index < -0.39 is 0 Å². The van der Waals surface area contributed by atoms with Gasteiger partial charge in [0.25, 0.3) is 0 Å². The van der Waals surface area contributed by atoms with E-state index in [4.69, 9.17) is 9.47 Å². The van der Waals surface area contributed by atoms with Gasteiger partial charge in [0.1, 0.15) is 5.69 Å². The number of carbonyl (C=O) groups excluding carboxylic acids is 1. The van der Waals surface area contributed by atoms with E-state index in [1.54, 1.807) is 34.6 Å². The van der Waals surface area contributed by atoms with E-state index in [2.05, 4.69) is 10.3 Å². The van der Waals surface area contributed by atoms with Crippen molar-refractivity contribution in [3.05, 3.63) is 40.7 Å². The van der Waals surface area contributed by atoms with Crippen molar-refractivity contribution < 1.29 is 14.3 Å². The quantitative estimate of drug-likeness (QED) is 0.870. The van der Waals surface area contributed by atoms with Crippen LogP contribution in [-0.4, -0.2) is 42.3 Å². The minimum Gasteiger partial charge on any atom is -0.480 e. The van der Waals surface area contributed by atoms with Crippen LogP contribution in [0.3, 0.4) is 0 Å². The zero-order chi connectivity index (χ0) is 16.8. The van der Waals surface area contributed by atoms with Crippen molar-refractivity contribution in [2.24, 2.45) is 0 Å². The van der Waals surface area contributed by atoms with Crippen molar-refractivity contribution in [3.63, 3.8) is 0 Å². The molecule has 2 aromatic rings. The Morgan fingerprint density at radius 1 is 1.50 bits per heavy atom. The Bertz CT molecular complexity index is 657. The molecule has 1 fully saturated rings. The molecule has 1 aliphatic heterocycles. The lowest BCUT2D eigenvalue weighted by atomic mass is 10.2. The Kier molecular flexibility index (Phi) is 5.66. The topological polar surface area (TPSA) is 63.7 Å². The standard InChI is InChI=1S/C17H21N3O3S/c1-22-16-15(7-2-8-18-16)19-17(21)20(11-13-5-3-9-23-13)12-14-6-4-10-24-14/h2,4,6-8,10,13H,3,5,9,11-12H2,1H3,(H,19,21). The van der Waals surface area contributed by atoms with Gasteiger partial charge < -0.3 is 19.7 Å². The van der Waals surface area contributed by atoms with E-state index >= 15 is 0 Å². The van der Waals surface area contributed by atoms with E-state index in [9.17, 15) is 4.79 Å². The van der Waals surface area contributed by atoms with Crippen LogP contribution in [0.4, 0.5) is 10.5 Å². The number of amides is 2. The van der Waals surface area contributed by atoms with Gasteiger partial charge in [-0.15, -0.1) is 11.3 Å². The van der Waals surface area contributed by atoms with Crippen LogP contribution in [-0.2, 0) is 11.3 Å². The highest BCUT2D eigenvalue weighted by molar-refractivity contribution is 7.09. The van der Waals surface area contributed by atoms with E-state index in [1.807, 2.05) is 17.5 Å². The minimum atomic E-state index is -0.176. The van der Waals surface area contributed by atoms with Crippen LogP contribution in [0, 0.1) is 0 Å². The van der Waals surface area contributed by atoms with Crippen LogP contribution in [0.15, 0.2) is 35.8 Å². The number of hydrogen-bond donors (Lipinski definition) is 1. The van der Waals surface area contributed by atoms with Crippen LogP contribution in [0.1, 0.15) is 17.7 Å². The van der Waals surface area contributed by atoms with Crippen molar-refractivity contribution >= 4 is 23.1 Å². The third-order valence-corrected chi connectivity index (χ3v) is 4.73. The van der Waals surface area contributed by atoms with Gasteiger partial charge in [0, 0.05) is 24.2 Å². The molecule has 0 aliphatic carbocycles. The molecule has 7 heteroatoms. The fourth-order valence-electron chi connectivity index (χ4n) is 2.69. The second kappa shape index (κ2) is 8.12. The first kappa shape index (κ1) is 16.7. The summed E-state index contributed by atoms with van der Waals surface area (Å²) >= 11 is 1.64. The Morgan fingerprint density at radius 3 is 3.12 bits per heavy atom. The first-order valence-corrected chi connectivity index (χ1v) is 8.83. The van der Waals surface area contributed by atoms with Gasteiger partial charge in [0.15, 0.2) is 0 Å². The summed E-state index contributed by atoms with van der Waals surface area (Å²) in [5.41, 5.74) is 0.563. The lowest BCUT2D eigenvalue weighted by Gasteiger charge is -2.25. The molecule has 2 amide bonds. The largest absolute Gasteiger partial charge is 0.480 e. The molecule has 2 aromatic heterocycles. The molecule has 0 radical (unpaired) electrons. The number of rotatable bonds is 6.